The summed E-state index contributed by atoms with van der Waals surface area (Å²) in [5, 5.41) is 9.89. The molecule has 3 heteroatoms. The highest BCUT2D eigenvalue weighted by Gasteiger charge is 2.61. The van der Waals surface area contributed by atoms with Crippen molar-refractivity contribution >= 4 is 5.97 Å². The third-order valence-electron chi connectivity index (χ3n) is 7.32. The second kappa shape index (κ2) is 5.81. The molecule has 0 spiro atoms. The number of hydrogen-bond donors (Lipinski definition) is 1. The van der Waals surface area contributed by atoms with Crippen molar-refractivity contribution in [2.75, 3.05) is 7.11 Å². The van der Waals surface area contributed by atoms with E-state index in [4.69, 9.17) is 0 Å². The van der Waals surface area contributed by atoms with Crippen LogP contribution in [0.15, 0.2) is 0 Å². The molecule has 0 aliphatic heterocycles. The quantitative estimate of drug-likeness (QED) is 0.626. The van der Waals surface area contributed by atoms with E-state index < -0.39 is 0 Å². The number of ether oxygens (including phenoxy) is 1. The van der Waals surface area contributed by atoms with Crippen LogP contribution < -0.4 is 0 Å². The lowest BCUT2D eigenvalue weighted by Gasteiger charge is -2.36. The molecular formula is C19H32O3. The predicted octanol–water partition coefficient (Wildman–Crippen LogP) is 3.65. The standard InChI is InChI=1S/C12H18O.C7H14O2/c13-10-5-8-4-9(10)12-7-2-1-6(3-7)11(8)12;1-5-7(2,3)6(8)9-4/h6-13H,1-5H2;5H2,1-4H3. The van der Waals surface area contributed by atoms with Crippen LogP contribution in [-0.2, 0) is 9.53 Å². The minimum atomic E-state index is -0.311. The summed E-state index contributed by atoms with van der Waals surface area (Å²) in [6.07, 6.45) is 7.96. The lowest BCUT2D eigenvalue weighted by Crippen LogP contribution is -2.34. The van der Waals surface area contributed by atoms with E-state index >= 15 is 0 Å². The topological polar surface area (TPSA) is 46.5 Å². The van der Waals surface area contributed by atoms with Crippen LogP contribution in [0.5, 0.6) is 0 Å². The van der Waals surface area contributed by atoms with E-state index in [9.17, 15) is 9.90 Å². The Morgan fingerprint density at radius 1 is 1.09 bits per heavy atom. The first-order chi connectivity index (χ1) is 10.4. The Morgan fingerprint density at radius 3 is 2.27 bits per heavy atom. The van der Waals surface area contributed by atoms with Crippen LogP contribution in [0.25, 0.3) is 0 Å². The van der Waals surface area contributed by atoms with Gasteiger partial charge in [-0.2, -0.15) is 0 Å². The number of carbonyl (C=O) groups excluding carboxylic acids is 1. The molecule has 4 saturated carbocycles. The maximum atomic E-state index is 10.8. The Balaban J connectivity index is 0.000000144. The number of hydrogen-bond acceptors (Lipinski definition) is 3. The number of fused-ring (bicyclic) bond motifs is 9. The van der Waals surface area contributed by atoms with Gasteiger partial charge in [0.25, 0.3) is 0 Å². The van der Waals surface area contributed by atoms with Crippen molar-refractivity contribution in [2.45, 2.75) is 65.4 Å². The van der Waals surface area contributed by atoms with Crippen LogP contribution in [0.3, 0.4) is 0 Å². The van der Waals surface area contributed by atoms with Gasteiger partial charge in [0.2, 0.25) is 0 Å². The van der Waals surface area contributed by atoms with E-state index in [1.54, 1.807) is 0 Å². The normalized spacial score (nSPS) is 44.5. The summed E-state index contributed by atoms with van der Waals surface area (Å²) >= 11 is 0. The highest BCUT2D eigenvalue weighted by Crippen LogP contribution is 2.67. The van der Waals surface area contributed by atoms with Crippen LogP contribution in [0.4, 0.5) is 0 Å². The second-order valence-corrected chi connectivity index (χ2v) is 8.68. The Kier molecular flexibility index (Phi) is 4.30. The molecule has 0 aromatic heterocycles. The third-order valence-corrected chi connectivity index (χ3v) is 7.32. The summed E-state index contributed by atoms with van der Waals surface area (Å²) in [5.41, 5.74) is -0.311. The average molecular weight is 308 g/mol. The molecular weight excluding hydrogens is 276 g/mol. The molecule has 0 amide bonds. The molecule has 0 saturated heterocycles. The van der Waals surface area contributed by atoms with Gasteiger partial charge in [-0.3, -0.25) is 4.79 Å². The van der Waals surface area contributed by atoms with Gasteiger partial charge in [-0.05, 0) is 87.9 Å². The fourth-order valence-corrected chi connectivity index (χ4v) is 5.95. The van der Waals surface area contributed by atoms with E-state index in [2.05, 4.69) is 4.74 Å². The molecule has 0 aromatic rings. The molecule has 3 nitrogen and oxygen atoms in total. The number of carbonyl (C=O) groups is 1. The van der Waals surface area contributed by atoms with Crippen LogP contribution in [0, 0.1) is 40.9 Å². The SMILES string of the molecule is CCC(C)(C)C(=O)OC.OC1CC2CC1C1C3CCC(C3)C21. The molecule has 4 bridgehead atoms. The Morgan fingerprint density at radius 2 is 1.73 bits per heavy atom. The lowest BCUT2D eigenvalue weighted by atomic mass is 9.70. The summed E-state index contributed by atoms with van der Waals surface area (Å²) in [5.74, 6) is 5.66. The highest BCUT2D eigenvalue weighted by atomic mass is 16.5. The first-order valence-electron chi connectivity index (χ1n) is 9.15. The van der Waals surface area contributed by atoms with E-state index in [1.165, 1.54) is 32.8 Å². The van der Waals surface area contributed by atoms with Gasteiger partial charge in [-0.1, -0.05) is 6.92 Å². The van der Waals surface area contributed by atoms with E-state index in [-0.39, 0.29) is 17.5 Å². The fraction of sp³-hybridized carbons (Fsp3) is 0.947. The zero-order valence-electron chi connectivity index (χ0n) is 14.5. The van der Waals surface area contributed by atoms with Gasteiger partial charge in [-0.15, -0.1) is 0 Å². The van der Waals surface area contributed by atoms with E-state index in [0.717, 1.165) is 48.3 Å². The second-order valence-electron chi connectivity index (χ2n) is 8.68. The average Bonchev–Trinajstić information content (AvgIpc) is 3.24. The molecule has 4 aliphatic carbocycles. The van der Waals surface area contributed by atoms with Gasteiger partial charge in [0.05, 0.1) is 18.6 Å². The first-order valence-corrected chi connectivity index (χ1v) is 9.15. The summed E-state index contributed by atoms with van der Waals surface area (Å²) in [4.78, 5) is 10.8. The monoisotopic (exact) mass is 308 g/mol. The van der Waals surface area contributed by atoms with Crippen LogP contribution in [0.2, 0.25) is 0 Å². The minimum Gasteiger partial charge on any atom is -0.469 e. The van der Waals surface area contributed by atoms with Crippen molar-refractivity contribution < 1.29 is 14.6 Å². The van der Waals surface area contributed by atoms with E-state index in [0.29, 0.717) is 0 Å². The number of aliphatic hydroxyl groups excluding tert-OH is 1. The predicted molar refractivity (Wildman–Crippen MR) is 86.1 cm³/mol. The maximum absolute atomic E-state index is 10.8. The molecule has 22 heavy (non-hydrogen) atoms. The first kappa shape index (κ1) is 16.3. The van der Waals surface area contributed by atoms with Crippen molar-refractivity contribution in [2.24, 2.45) is 40.9 Å². The van der Waals surface area contributed by atoms with Crippen LogP contribution in [-0.4, -0.2) is 24.3 Å². The summed E-state index contributed by atoms with van der Waals surface area (Å²) in [7, 11) is 1.42. The van der Waals surface area contributed by atoms with Crippen molar-refractivity contribution in [3.63, 3.8) is 0 Å². The third kappa shape index (κ3) is 2.50. The van der Waals surface area contributed by atoms with Gasteiger partial charge < -0.3 is 9.84 Å². The zero-order chi connectivity index (χ0) is 16.1. The summed E-state index contributed by atoms with van der Waals surface area (Å²) in [6, 6.07) is 0. The van der Waals surface area contributed by atoms with Gasteiger partial charge in [0, 0.05) is 0 Å². The molecule has 0 radical (unpaired) electrons. The molecule has 7 unspecified atom stereocenters. The fourth-order valence-electron chi connectivity index (χ4n) is 5.95. The molecule has 4 fully saturated rings. The van der Waals surface area contributed by atoms with Crippen LogP contribution >= 0.6 is 0 Å². The molecule has 126 valence electrons. The largest absolute Gasteiger partial charge is 0.469 e. The molecule has 0 heterocycles. The Labute approximate surface area is 134 Å². The van der Waals surface area contributed by atoms with Crippen molar-refractivity contribution in [3.05, 3.63) is 0 Å². The number of methoxy groups -OCH3 is 1. The summed E-state index contributed by atoms with van der Waals surface area (Å²) in [6.45, 7) is 5.72. The van der Waals surface area contributed by atoms with Gasteiger partial charge >= 0.3 is 5.97 Å². The van der Waals surface area contributed by atoms with Crippen molar-refractivity contribution in [1.82, 2.24) is 0 Å². The van der Waals surface area contributed by atoms with Crippen molar-refractivity contribution in [3.8, 4) is 0 Å². The number of esters is 1. The van der Waals surface area contributed by atoms with Gasteiger partial charge in [0.15, 0.2) is 0 Å². The molecule has 0 aromatic carbocycles. The summed E-state index contributed by atoms with van der Waals surface area (Å²) < 4.78 is 4.57. The lowest BCUT2D eigenvalue weighted by molar-refractivity contribution is -0.150. The zero-order valence-corrected chi connectivity index (χ0v) is 14.5. The minimum absolute atomic E-state index is 0.0885. The van der Waals surface area contributed by atoms with Crippen molar-refractivity contribution in [1.29, 1.82) is 0 Å². The smallest absolute Gasteiger partial charge is 0.311 e. The van der Waals surface area contributed by atoms with E-state index in [1.807, 2.05) is 20.8 Å². The van der Waals surface area contributed by atoms with Crippen LogP contribution in [0.1, 0.15) is 59.3 Å². The van der Waals surface area contributed by atoms with Gasteiger partial charge in [-0.25, -0.2) is 0 Å². The van der Waals surface area contributed by atoms with Gasteiger partial charge in [0.1, 0.15) is 0 Å². The molecule has 7 atom stereocenters. The highest BCUT2D eigenvalue weighted by molar-refractivity contribution is 5.75. The Hall–Kier alpha value is -0.570. The molecule has 1 N–H and O–H groups in total. The maximum Gasteiger partial charge on any atom is 0.311 e. The number of aliphatic hydroxyl groups is 1. The number of rotatable bonds is 2. The molecule has 4 aliphatic rings. The Bertz CT molecular complexity index is 430. The molecule has 4 rings (SSSR count).